The zero-order chi connectivity index (χ0) is 16.5. The van der Waals surface area contributed by atoms with E-state index in [1.807, 2.05) is 6.92 Å². The van der Waals surface area contributed by atoms with Gasteiger partial charge in [0.1, 0.15) is 0 Å². The summed E-state index contributed by atoms with van der Waals surface area (Å²) < 4.78 is 65.9. The first-order valence-corrected chi connectivity index (χ1v) is 8.53. The van der Waals surface area contributed by atoms with Crippen LogP contribution in [-0.4, -0.2) is 27.0 Å². The highest BCUT2D eigenvalue weighted by molar-refractivity contribution is 7.89. The van der Waals surface area contributed by atoms with Crippen molar-refractivity contribution in [3.05, 3.63) is 29.3 Å². The molecule has 0 aliphatic carbocycles. The molecule has 1 saturated heterocycles. The van der Waals surface area contributed by atoms with Crippen molar-refractivity contribution >= 4 is 10.0 Å². The molecule has 1 fully saturated rings. The van der Waals surface area contributed by atoms with Gasteiger partial charge < -0.3 is 5.32 Å². The topological polar surface area (TPSA) is 58.2 Å². The summed E-state index contributed by atoms with van der Waals surface area (Å²) in [5.41, 5.74) is -0.927. The minimum atomic E-state index is -4.57. The average Bonchev–Trinajstić information content (AvgIpc) is 2.40. The molecule has 0 spiro atoms. The van der Waals surface area contributed by atoms with Gasteiger partial charge in [0.25, 0.3) is 0 Å². The van der Waals surface area contributed by atoms with Crippen molar-refractivity contribution in [2.24, 2.45) is 0 Å². The highest BCUT2D eigenvalue weighted by Gasteiger charge is 2.34. The number of halogens is 3. The summed E-state index contributed by atoms with van der Waals surface area (Å²) in [5.74, 6) is 0. The predicted molar refractivity (Wildman–Crippen MR) is 77.0 cm³/mol. The van der Waals surface area contributed by atoms with Crippen LogP contribution in [-0.2, 0) is 16.2 Å². The number of hydrogen-bond donors (Lipinski definition) is 2. The molecule has 2 atom stereocenters. The molecule has 0 saturated carbocycles. The van der Waals surface area contributed by atoms with Gasteiger partial charge in [0, 0.05) is 12.1 Å². The van der Waals surface area contributed by atoms with Gasteiger partial charge in [-0.25, -0.2) is 13.1 Å². The molecule has 1 aliphatic heterocycles. The van der Waals surface area contributed by atoms with Gasteiger partial charge in [0.2, 0.25) is 10.0 Å². The SMILES string of the molecule is Cc1ccc(S(=O)(=O)NC2CCCNC2C)cc1C(F)(F)F. The van der Waals surface area contributed by atoms with Crippen LogP contribution in [0.1, 0.15) is 30.9 Å². The number of hydrogen-bond acceptors (Lipinski definition) is 3. The Morgan fingerprint density at radius 3 is 2.59 bits per heavy atom. The number of benzene rings is 1. The Hall–Kier alpha value is -1.12. The maximum Gasteiger partial charge on any atom is 0.416 e. The molecule has 0 aromatic heterocycles. The van der Waals surface area contributed by atoms with E-state index in [1.54, 1.807) is 0 Å². The van der Waals surface area contributed by atoms with Crippen molar-refractivity contribution in [2.75, 3.05) is 6.54 Å². The number of alkyl halides is 3. The van der Waals surface area contributed by atoms with E-state index >= 15 is 0 Å². The van der Waals surface area contributed by atoms with Crippen LogP contribution in [0, 0.1) is 6.92 Å². The van der Waals surface area contributed by atoms with Gasteiger partial charge >= 0.3 is 6.18 Å². The highest BCUT2D eigenvalue weighted by atomic mass is 32.2. The van der Waals surface area contributed by atoms with Crippen molar-refractivity contribution in [3.8, 4) is 0 Å². The molecular weight excluding hydrogens is 317 g/mol. The molecule has 2 N–H and O–H groups in total. The largest absolute Gasteiger partial charge is 0.416 e. The van der Waals surface area contributed by atoms with Crippen LogP contribution in [0.15, 0.2) is 23.1 Å². The van der Waals surface area contributed by atoms with E-state index in [0.717, 1.165) is 13.0 Å². The lowest BCUT2D eigenvalue weighted by Crippen LogP contribution is -2.51. The van der Waals surface area contributed by atoms with E-state index < -0.39 is 21.8 Å². The molecule has 124 valence electrons. The summed E-state index contributed by atoms with van der Waals surface area (Å²) in [4.78, 5) is -0.358. The molecule has 1 aromatic rings. The highest BCUT2D eigenvalue weighted by Crippen LogP contribution is 2.33. The first-order valence-electron chi connectivity index (χ1n) is 7.05. The standard InChI is InChI=1S/C14H19F3N2O2S/c1-9-5-6-11(8-12(9)14(15,16)17)22(20,21)19-13-4-3-7-18-10(13)2/h5-6,8,10,13,18-19H,3-4,7H2,1-2H3. The summed E-state index contributed by atoms with van der Waals surface area (Å²) in [6.07, 6.45) is -3.10. The molecule has 8 heteroatoms. The fourth-order valence-corrected chi connectivity index (χ4v) is 3.92. The van der Waals surface area contributed by atoms with Gasteiger partial charge in [0.05, 0.1) is 10.5 Å². The second-order valence-electron chi connectivity index (χ2n) is 5.59. The van der Waals surface area contributed by atoms with E-state index in [0.29, 0.717) is 12.5 Å². The zero-order valence-corrected chi connectivity index (χ0v) is 13.2. The Kier molecular flexibility index (Phi) is 4.84. The minimum Gasteiger partial charge on any atom is -0.313 e. The van der Waals surface area contributed by atoms with Crippen molar-refractivity contribution < 1.29 is 21.6 Å². The third-order valence-corrected chi connectivity index (χ3v) is 5.38. The molecule has 1 aliphatic rings. The van der Waals surface area contributed by atoms with Crippen molar-refractivity contribution in [1.29, 1.82) is 0 Å². The molecule has 1 heterocycles. The number of rotatable bonds is 3. The molecule has 22 heavy (non-hydrogen) atoms. The van der Waals surface area contributed by atoms with E-state index in [4.69, 9.17) is 0 Å². The Balaban J connectivity index is 2.30. The Labute approximate surface area is 128 Å². The van der Waals surface area contributed by atoms with E-state index in [9.17, 15) is 21.6 Å². The van der Waals surface area contributed by atoms with Gasteiger partial charge in [0.15, 0.2) is 0 Å². The quantitative estimate of drug-likeness (QED) is 0.891. The van der Waals surface area contributed by atoms with E-state index in [1.165, 1.54) is 19.1 Å². The van der Waals surface area contributed by atoms with E-state index in [2.05, 4.69) is 10.0 Å². The fourth-order valence-electron chi connectivity index (χ4n) is 2.55. The lowest BCUT2D eigenvalue weighted by atomic mass is 10.0. The van der Waals surface area contributed by atoms with Gasteiger partial charge in [-0.1, -0.05) is 6.07 Å². The summed E-state index contributed by atoms with van der Waals surface area (Å²) in [5, 5.41) is 3.14. The smallest absolute Gasteiger partial charge is 0.313 e. The lowest BCUT2D eigenvalue weighted by Gasteiger charge is -2.30. The van der Waals surface area contributed by atoms with Gasteiger partial charge in [-0.15, -0.1) is 0 Å². The molecule has 1 aromatic carbocycles. The zero-order valence-electron chi connectivity index (χ0n) is 12.4. The maximum atomic E-state index is 12.9. The van der Waals surface area contributed by atoms with E-state index in [-0.39, 0.29) is 22.5 Å². The predicted octanol–water partition coefficient (Wildman–Crippen LogP) is 2.43. The third-order valence-electron chi connectivity index (χ3n) is 3.89. The average molecular weight is 336 g/mol. The maximum absolute atomic E-state index is 12.9. The van der Waals surface area contributed by atoms with Gasteiger partial charge in [-0.05, 0) is 50.9 Å². The van der Waals surface area contributed by atoms with Crippen LogP contribution in [0.2, 0.25) is 0 Å². The van der Waals surface area contributed by atoms with Crippen molar-refractivity contribution in [3.63, 3.8) is 0 Å². The summed E-state index contributed by atoms with van der Waals surface area (Å²) >= 11 is 0. The monoisotopic (exact) mass is 336 g/mol. The molecule has 0 bridgehead atoms. The van der Waals surface area contributed by atoms with Gasteiger partial charge in [-0.3, -0.25) is 0 Å². The normalized spacial score (nSPS) is 23.5. The van der Waals surface area contributed by atoms with Crippen LogP contribution in [0.3, 0.4) is 0 Å². The third kappa shape index (κ3) is 3.80. The Bertz CT molecular complexity index is 644. The molecular formula is C14H19F3N2O2S. The Morgan fingerprint density at radius 1 is 1.32 bits per heavy atom. The second kappa shape index (κ2) is 6.17. The molecule has 4 nitrogen and oxygen atoms in total. The lowest BCUT2D eigenvalue weighted by molar-refractivity contribution is -0.138. The number of aryl methyl sites for hydroxylation is 1. The van der Waals surface area contributed by atoms with Crippen molar-refractivity contribution in [2.45, 2.75) is 49.8 Å². The molecule has 2 rings (SSSR count). The number of piperidine rings is 1. The van der Waals surface area contributed by atoms with Gasteiger partial charge in [-0.2, -0.15) is 13.2 Å². The second-order valence-corrected chi connectivity index (χ2v) is 7.30. The fraction of sp³-hybridized carbons (Fsp3) is 0.571. The minimum absolute atomic E-state index is 0.000786. The Morgan fingerprint density at radius 2 is 2.00 bits per heavy atom. The van der Waals surface area contributed by atoms with Crippen LogP contribution >= 0.6 is 0 Å². The molecule has 2 unspecified atom stereocenters. The van der Waals surface area contributed by atoms with Crippen LogP contribution in [0.5, 0.6) is 0 Å². The van der Waals surface area contributed by atoms with Crippen LogP contribution in [0.25, 0.3) is 0 Å². The summed E-state index contributed by atoms with van der Waals surface area (Å²) in [6.45, 7) is 3.96. The number of nitrogens with one attached hydrogen (secondary N) is 2. The molecule has 0 radical (unpaired) electrons. The number of sulfonamides is 1. The molecule has 0 amide bonds. The summed E-state index contributed by atoms with van der Waals surface area (Å²) in [6, 6.07) is 2.69. The first-order chi connectivity index (χ1) is 10.1. The van der Waals surface area contributed by atoms with Crippen LogP contribution in [0.4, 0.5) is 13.2 Å². The van der Waals surface area contributed by atoms with Crippen molar-refractivity contribution in [1.82, 2.24) is 10.0 Å². The first kappa shape index (κ1) is 17.2. The van der Waals surface area contributed by atoms with Crippen LogP contribution < -0.4 is 10.0 Å². The summed E-state index contributed by atoms with van der Waals surface area (Å²) in [7, 11) is -3.98.